The minimum absolute atomic E-state index is 0.0568. The van der Waals surface area contributed by atoms with Crippen LogP contribution in [0.2, 0.25) is 0 Å². The van der Waals surface area contributed by atoms with Gasteiger partial charge in [0.15, 0.2) is 5.78 Å². The minimum atomic E-state index is -0.625. The van der Waals surface area contributed by atoms with E-state index >= 15 is 0 Å². The van der Waals surface area contributed by atoms with E-state index in [4.69, 9.17) is 0 Å². The molecule has 6 heteroatoms. The number of rotatable bonds is 3. The second-order valence-electron chi connectivity index (χ2n) is 3.75. The topological polar surface area (TPSA) is 59.2 Å². The highest BCUT2D eigenvalue weighted by molar-refractivity contribution is 9.10. The number of aromatic nitrogens is 1. The monoisotopic (exact) mass is 325 g/mol. The zero-order valence-electron chi connectivity index (χ0n) is 9.87. The number of halogens is 2. The van der Waals surface area contributed by atoms with Crippen molar-refractivity contribution in [2.75, 3.05) is 7.11 Å². The first-order chi connectivity index (χ1) is 9.02. The molecule has 0 bridgehead atoms. The van der Waals surface area contributed by atoms with Gasteiger partial charge in [-0.05, 0) is 24.3 Å². The maximum atomic E-state index is 13.7. The summed E-state index contributed by atoms with van der Waals surface area (Å²) in [6, 6.07) is 5.49. The molecular weight excluding hydrogens is 317 g/mol. The Morgan fingerprint density at radius 1 is 1.32 bits per heavy atom. The number of aromatic amines is 1. The maximum Gasteiger partial charge on any atom is 0.354 e. The molecule has 0 saturated carbocycles. The number of carbonyl (C=O) groups is 2. The highest BCUT2D eigenvalue weighted by Crippen LogP contribution is 2.19. The summed E-state index contributed by atoms with van der Waals surface area (Å²) in [6.45, 7) is 0. The summed E-state index contributed by atoms with van der Waals surface area (Å²) in [7, 11) is 1.24. The third kappa shape index (κ3) is 2.73. The van der Waals surface area contributed by atoms with Crippen molar-refractivity contribution in [2.45, 2.75) is 0 Å². The van der Waals surface area contributed by atoms with Gasteiger partial charge in [0.05, 0.1) is 12.7 Å². The van der Waals surface area contributed by atoms with Gasteiger partial charge in [-0.3, -0.25) is 4.79 Å². The molecule has 1 heterocycles. The molecule has 2 aromatic rings. The summed E-state index contributed by atoms with van der Waals surface area (Å²) in [5.74, 6) is -1.72. The molecule has 4 nitrogen and oxygen atoms in total. The fourth-order valence-corrected chi connectivity index (χ4v) is 1.92. The lowest BCUT2D eigenvalue weighted by Crippen LogP contribution is -2.03. The number of esters is 1. The van der Waals surface area contributed by atoms with E-state index in [9.17, 15) is 14.0 Å². The number of methoxy groups -OCH3 is 1. The van der Waals surface area contributed by atoms with E-state index in [0.717, 1.165) is 0 Å². The highest BCUT2D eigenvalue weighted by atomic mass is 79.9. The maximum absolute atomic E-state index is 13.7. The summed E-state index contributed by atoms with van der Waals surface area (Å²) in [5, 5.41) is 0. The Morgan fingerprint density at radius 2 is 2.05 bits per heavy atom. The molecule has 0 spiro atoms. The Bertz CT molecular complexity index is 651. The van der Waals surface area contributed by atoms with E-state index in [1.54, 1.807) is 6.07 Å². The number of hydrogen-bond donors (Lipinski definition) is 1. The van der Waals surface area contributed by atoms with Crippen LogP contribution in [0.4, 0.5) is 4.39 Å². The van der Waals surface area contributed by atoms with Gasteiger partial charge in [0.1, 0.15) is 11.5 Å². The predicted octanol–water partition coefficient (Wildman–Crippen LogP) is 2.93. The van der Waals surface area contributed by atoms with Crippen molar-refractivity contribution in [3.8, 4) is 0 Å². The summed E-state index contributed by atoms with van der Waals surface area (Å²) < 4.78 is 18.7. The van der Waals surface area contributed by atoms with Gasteiger partial charge in [0, 0.05) is 16.2 Å². The van der Waals surface area contributed by atoms with E-state index in [2.05, 4.69) is 25.7 Å². The Morgan fingerprint density at radius 3 is 2.68 bits per heavy atom. The quantitative estimate of drug-likeness (QED) is 0.697. The van der Waals surface area contributed by atoms with E-state index in [1.165, 1.54) is 31.5 Å². The zero-order chi connectivity index (χ0) is 14.0. The van der Waals surface area contributed by atoms with Crippen LogP contribution in [0.15, 0.2) is 34.9 Å². The van der Waals surface area contributed by atoms with Crippen LogP contribution in [0.5, 0.6) is 0 Å². The van der Waals surface area contributed by atoms with Crippen LogP contribution < -0.4 is 0 Å². The molecule has 0 aliphatic rings. The second kappa shape index (κ2) is 5.36. The Kier molecular flexibility index (Phi) is 3.80. The van der Waals surface area contributed by atoms with Crippen molar-refractivity contribution in [1.29, 1.82) is 0 Å². The SMILES string of the molecule is COC(=O)c1cc(C(=O)c2ccc(Br)cc2F)c[nH]1. The first-order valence-corrected chi connectivity index (χ1v) is 6.08. The van der Waals surface area contributed by atoms with Gasteiger partial charge in [-0.1, -0.05) is 15.9 Å². The van der Waals surface area contributed by atoms with Crippen LogP contribution in [-0.4, -0.2) is 23.8 Å². The van der Waals surface area contributed by atoms with Crippen molar-refractivity contribution in [3.63, 3.8) is 0 Å². The number of H-pyrrole nitrogens is 1. The van der Waals surface area contributed by atoms with Crippen LogP contribution in [0, 0.1) is 5.82 Å². The van der Waals surface area contributed by atoms with Gasteiger partial charge >= 0.3 is 5.97 Å². The number of carbonyl (C=O) groups excluding carboxylic acids is 2. The van der Waals surface area contributed by atoms with E-state index < -0.39 is 17.6 Å². The third-order valence-corrected chi connectivity index (χ3v) is 3.02. The first kappa shape index (κ1) is 13.5. The van der Waals surface area contributed by atoms with Gasteiger partial charge in [-0.15, -0.1) is 0 Å². The standard InChI is InChI=1S/C13H9BrFNO3/c1-19-13(18)11-4-7(6-16-11)12(17)9-3-2-8(14)5-10(9)15/h2-6,16H,1H3. The average Bonchev–Trinajstić information content (AvgIpc) is 2.86. The van der Waals surface area contributed by atoms with Crippen LogP contribution in [0.3, 0.4) is 0 Å². The normalized spacial score (nSPS) is 10.3. The van der Waals surface area contributed by atoms with Crippen LogP contribution >= 0.6 is 15.9 Å². The van der Waals surface area contributed by atoms with Crippen molar-refractivity contribution in [2.24, 2.45) is 0 Å². The number of ether oxygens (including phenoxy) is 1. The molecule has 0 unspecified atom stereocenters. The van der Waals surface area contributed by atoms with Gasteiger partial charge in [0.25, 0.3) is 0 Å². The smallest absolute Gasteiger partial charge is 0.354 e. The van der Waals surface area contributed by atoms with E-state index in [0.29, 0.717) is 4.47 Å². The van der Waals surface area contributed by atoms with Crippen LogP contribution in [0.25, 0.3) is 0 Å². The van der Waals surface area contributed by atoms with E-state index in [-0.39, 0.29) is 16.8 Å². The first-order valence-electron chi connectivity index (χ1n) is 5.29. The number of hydrogen-bond acceptors (Lipinski definition) is 3. The fraction of sp³-hybridized carbons (Fsp3) is 0.0769. The minimum Gasteiger partial charge on any atom is -0.464 e. The lowest BCUT2D eigenvalue weighted by molar-refractivity contribution is 0.0595. The Hall–Kier alpha value is -1.95. The third-order valence-electron chi connectivity index (χ3n) is 2.53. The lowest BCUT2D eigenvalue weighted by atomic mass is 10.1. The second-order valence-corrected chi connectivity index (χ2v) is 4.66. The summed E-state index contributed by atoms with van der Waals surface area (Å²) in [5.41, 5.74) is 0.281. The molecule has 1 aromatic heterocycles. The molecule has 0 radical (unpaired) electrons. The molecule has 2 rings (SSSR count). The molecular formula is C13H9BrFNO3. The fourth-order valence-electron chi connectivity index (χ4n) is 1.58. The van der Waals surface area contributed by atoms with E-state index in [1.807, 2.05) is 0 Å². The number of ketones is 1. The Balaban J connectivity index is 2.34. The summed E-state index contributed by atoms with van der Waals surface area (Å²) in [6.07, 6.45) is 1.34. The number of nitrogens with one attached hydrogen (secondary N) is 1. The molecule has 0 aliphatic carbocycles. The van der Waals surface area contributed by atoms with Gasteiger partial charge in [-0.2, -0.15) is 0 Å². The molecule has 1 N–H and O–H groups in total. The highest BCUT2D eigenvalue weighted by Gasteiger charge is 2.17. The zero-order valence-corrected chi connectivity index (χ0v) is 11.5. The molecule has 0 saturated heterocycles. The molecule has 0 aliphatic heterocycles. The predicted molar refractivity (Wildman–Crippen MR) is 69.7 cm³/mol. The summed E-state index contributed by atoms with van der Waals surface area (Å²) >= 11 is 3.12. The van der Waals surface area contributed by atoms with Crippen molar-refractivity contribution < 1.29 is 18.7 Å². The molecule has 0 atom stereocenters. The van der Waals surface area contributed by atoms with Crippen LogP contribution in [0.1, 0.15) is 26.4 Å². The lowest BCUT2D eigenvalue weighted by Gasteiger charge is -2.00. The molecule has 1 aromatic carbocycles. The molecule has 98 valence electrons. The Labute approximate surface area is 116 Å². The molecule has 0 fully saturated rings. The molecule has 0 amide bonds. The van der Waals surface area contributed by atoms with Crippen molar-refractivity contribution >= 4 is 27.7 Å². The van der Waals surface area contributed by atoms with Crippen LogP contribution in [-0.2, 0) is 4.74 Å². The average molecular weight is 326 g/mol. The molecule has 19 heavy (non-hydrogen) atoms. The largest absolute Gasteiger partial charge is 0.464 e. The van der Waals surface area contributed by atoms with Gasteiger partial charge < -0.3 is 9.72 Å². The van der Waals surface area contributed by atoms with Gasteiger partial charge in [-0.25, -0.2) is 9.18 Å². The van der Waals surface area contributed by atoms with Crippen molar-refractivity contribution in [1.82, 2.24) is 4.98 Å². The summed E-state index contributed by atoms with van der Waals surface area (Å²) in [4.78, 5) is 25.9. The van der Waals surface area contributed by atoms with Crippen molar-refractivity contribution in [3.05, 3.63) is 57.6 Å². The number of benzene rings is 1. The van der Waals surface area contributed by atoms with Gasteiger partial charge in [0.2, 0.25) is 0 Å².